The number of hydrogen-bond donors (Lipinski definition) is 1. The fourth-order valence-electron chi connectivity index (χ4n) is 3.01. The quantitative estimate of drug-likeness (QED) is 0.232. The lowest BCUT2D eigenvalue weighted by atomic mass is 10.1. The molecule has 0 aromatic carbocycles. The second-order valence-electron chi connectivity index (χ2n) is 7.09. The fraction of sp³-hybridized carbons (Fsp3) is 0.905. The number of hydrogen-bond acceptors (Lipinski definition) is 3. The Bertz CT molecular complexity index is 328. The molecule has 1 unspecified atom stereocenters. The second-order valence-corrected chi connectivity index (χ2v) is 7.09. The van der Waals surface area contributed by atoms with Crippen molar-refractivity contribution in [1.29, 1.82) is 0 Å². The topological polar surface area (TPSA) is 63.6 Å². The van der Waals surface area contributed by atoms with Crippen molar-refractivity contribution in [3.63, 3.8) is 0 Å². The minimum atomic E-state index is -0.790. The molecule has 4 heteroatoms. The predicted molar refractivity (Wildman–Crippen MR) is 103 cm³/mol. The molecule has 1 N–H and O–H groups in total. The Morgan fingerprint density at radius 3 is 1.76 bits per heavy atom. The highest BCUT2D eigenvalue weighted by molar-refractivity contribution is 5.69. The molecule has 0 radical (unpaired) electrons. The Kier molecular flexibility index (Phi) is 17.0. The molecule has 4 nitrogen and oxygen atoms in total. The van der Waals surface area contributed by atoms with Crippen molar-refractivity contribution in [3.8, 4) is 0 Å². The van der Waals surface area contributed by atoms with E-state index in [4.69, 9.17) is 9.84 Å². The fourth-order valence-corrected chi connectivity index (χ4v) is 3.01. The first-order valence-corrected chi connectivity index (χ1v) is 10.5. The molecule has 0 amide bonds. The van der Waals surface area contributed by atoms with Crippen molar-refractivity contribution in [3.05, 3.63) is 0 Å². The monoisotopic (exact) mass is 356 g/mol. The van der Waals surface area contributed by atoms with Gasteiger partial charge >= 0.3 is 11.9 Å². The zero-order chi connectivity index (χ0) is 18.8. The largest absolute Gasteiger partial charge is 0.481 e. The van der Waals surface area contributed by atoms with E-state index in [1.165, 1.54) is 57.8 Å². The molecule has 0 aliphatic carbocycles. The average molecular weight is 357 g/mol. The van der Waals surface area contributed by atoms with E-state index in [0.717, 1.165) is 19.3 Å². The molecule has 0 aliphatic heterocycles. The number of carboxylic acids is 1. The van der Waals surface area contributed by atoms with Crippen molar-refractivity contribution in [2.75, 3.05) is 0 Å². The molecular weight excluding hydrogens is 316 g/mol. The van der Waals surface area contributed by atoms with E-state index in [1.807, 2.05) is 6.92 Å². The van der Waals surface area contributed by atoms with Crippen molar-refractivity contribution < 1.29 is 19.4 Å². The molecule has 25 heavy (non-hydrogen) atoms. The first-order valence-electron chi connectivity index (χ1n) is 10.5. The van der Waals surface area contributed by atoms with Crippen LogP contribution in [-0.2, 0) is 14.3 Å². The van der Waals surface area contributed by atoms with Gasteiger partial charge in [-0.3, -0.25) is 9.59 Å². The Labute approximate surface area is 154 Å². The summed E-state index contributed by atoms with van der Waals surface area (Å²) in [6.07, 6.45) is 16.4. The molecule has 1 atom stereocenters. The van der Waals surface area contributed by atoms with E-state index >= 15 is 0 Å². The average Bonchev–Trinajstić information content (AvgIpc) is 2.58. The summed E-state index contributed by atoms with van der Waals surface area (Å²) in [5.41, 5.74) is 0. The van der Waals surface area contributed by atoms with Gasteiger partial charge in [-0.2, -0.15) is 0 Å². The van der Waals surface area contributed by atoms with Gasteiger partial charge in [0.1, 0.15) is 6.10 Å². The molecule has 0 aromatic heterocycles. The van der Waals surface area contributed by atoms with E-state index in [1.54, 1.807) is 0 Å². The third kappa shape index (κ3) is 17.6. The summed E-state index contributed by atoms with van der Waals surface area (Å²) in [7, 11) is 0. The molecule has 0 rings (SSSR count). The van der Waals surface area contributed by atoms with Gasteiger partial charge in [0.15, 0.2) is 0 Å². The number of unbranched alkanes of at least 4 members (excludes halogenated alkanes) is 10. The molecular formula is C21H40O4. The third-order valence-electron chi connectivity index (χ3n) is 4.65. The van der Waals surface area contributed by atoms with Gasteiger partial charge in [-0.25, -0.2) is 0 Å². The normalized spacial score (nSPS) is 12.1. The maximum Gasteiger partial charge on any atom is 0.306 e. The first-order chi connectivity index (χ1) is 12.1. The summed E-state index contributed by atoms with van der Waals surface area (Å²) in [4.78, 5) is 22.3. The van der Waals surface area contributed by atoms with E-state index in [-0.39, 0.29) is 18.5 Å². The molecule has 0 aromatic rings. The van der Waals surface area contributed by atoms with Crippen LogP contribution < -0.4 is 0 Å². The van der Waals surface area contributed by atoms with Crippen molar-refractivity contribution in [1.82, 2.24) is 0 Å². The van der Waals surface area contributed by atoms with Crippen LogP contribution in [0.5, 0.6) is 0 Å². The van der Waals surface area contributed by atoms with Crippen LogP contribution >= 0.6 is 0 Å². The standard InChI is InChI=1S/C21H40O4/c1-3-5-6-7-8-9-10-11-12-13-14-18-21(24)25-19(4-2)16-15-17-20(22)23/h19H,3-18H2,1-2H3,(H,22,23). The van der Waals surface area contributed by atoms with E-state index in [2.05, 4.69) is 6.92 Å². The molecule has 0 fully saturated rings. The maximum atomic E-state index is 11.8. The van der Waals surface area contributed by atoms with Crippen molar-refractivity contribution in [2.45, 2.75) is 123 Å². The van der Waals surface area contributed by atoms with Crippen LogP contribution in [0, 0.1) is 0 Å². The van der Waals surface area contributed by atoms with Gasteiger partial charge in [0.2, 0.25) is 0 Å². The van der Waals surface area contributed by atoms with Gasteiger partial charge in [0, 0.05) is 12.8 Å². The lowest BCUT2D eigenvalue weighted by molar-refractivity contribution is -0.149. The highest BCUT2D eigenvalue weighted by Crippen LogP contribution is 2.14. The van der Waals surface area contributed by atoms with Gasteiger partial charge in [0.25, 0.3) is 0 Å². The Balaban J connectivity index is 3.45. The number of esters is 1. The van der Waals surface area contributed by atoms with Crippen molar-refractivity contribution >= 4 is 11.9 Å². The van der Waals surface area contributed by atoms with Crippen LogP contribution in [0.1, 0.15) is 117 Å². The van der Waals surface area contributed by atoms with Crippen LogP contribution in [0.3, 0.4) is 0 Å². The number of ether oxygens (including phenoxy) is 1. The number of carbonyl (C=O) groups is 2. The zero-order valence-electron chi connectivity index (χ0n) is 16.6. The molecule has 0 heterocycles. The van der Waals surface area contributed by atoms with Gasteiger partial charge < -0.3 is 9.84 Å². The number of rotatable bonds is 18. The summed E-state index contributed by atoms with van der Waals surface area (Å²) in [5, 5.41) is 8.64. The zero-order valence-corrected chi connectivity index (χ0v) is 16.6. The molecule has 0 aliphatic rings. The van der Waals surface area contributed by atoms with Crippen LogP contribution in [0.15, 0.2) is 0 Å². The number of carboxylic acid groups (broad SMARTS) is 1. The van der Waals surface area contributed by atoms with E-state index < -0.39 is 5.97 Å². The summed E-state index contributed by atoms with van der Waals surface area (Å²) < 4.78 is 5.44. The van der Waals surface area contributed by atoms with Crippen LogP contribution in [0.25, 0.3) is 0 Å². The van der Waals surface area contributed by atoms with Gasteiger partial charge in [-0.15, -0.1) is 0 Å². The molecule has 148 valence electrons. The van der Waals surface area contributed by atoms with E-state index in [0.29, 0.717) is 19.3 Å². The maximum absolute atomic E-state index is 11.8. The minimum Gasteiger partial charge on any atom is -0.481 e. The number of carbonyl (C=O) groups excluding carboxylic acids is 1. The predicted octanol–water partition coefficient (Wildman–Crippen LogP) is 6.26. The first kappa shape index (κ1) is 23.9. The molecule has 0 spiro atoms. The smallest absolute Gasteiger partial charge is 0.306 e. The SMILES string of the molecule is CCCCCCCCCCCCCC(=O)OC(CC)CCCC(=O)O. The van der Waals surface area contributed by atoms with Gasteiger partial charge in [0.05, 0.1) is 0 Å². The Morgan fingerprint density at radius 1 is 0.760 bits per heavy atom. The highest BCUT2D eigenvalue weighted by atomic mass is 16.5. The number of aliphatic carboxylic acids is 1. The minimum absolute atomic E-state index is 0.125. The lowest BCUT2D eigenvalue weighted by Crippen LogP contribution is -2.17. The highest BCUT2D eigenvalue weighted by Gasteiger charge is 2.12. The Morgan fingerprint density at radius 2 is 1.28 bits per heavy atom. The Hall–Kier alpha value is -1.06. The lowest BCUT2D eigenvalue weighted by Gasteiger charge is -2.15. The van der Waals surface area contributed by atoms with Crippen LogP contribution in [0.4, 0.5) is 0 Å². The summed E-state index contributed by atoms with van der Waals surface area (Å²) >= 11 is 0. The molecule has 0 saturated heterocycles. The third-order valence-corrected chi connectivity index (χ3v) is 4.65. The summed E-state index contributed by atoms with van der Waals surface area (Å²) in [6, 6.07) is 0. The van der Waals surface area contributed by atoms with Crippen molar-refractivity contribution in [2.24, 2.45) is 0 Å². The molecule has 0 bridgehead atoms. The van der Waals surface area contributed by atoms with Crippen LogP contribution in [0.2, 0.25) is 0 Å². The van der Waals surface area contributed by atoms with E-state index in [9.17, 15) is 9.59 Å². The van der Waals surface area contributed by atoms with Crippen LogP contribution in [-0.4, -0.2) is 23.1 Å². The summed E-state index contributed by atoms with van der Waals surface area (Å²) in [5.74, 6) is -0.916. The summed E-state index contributed by atoms with van der Waals surface area (Å²) in [6.45, 7) is 4.22. The van der Waals surface area contributed by atoms with Gasteiger partial charge in [-0.05, 0) is 25.7 Å². The van der Waals surface area contributed by atoms with Gasteiger partial charge in [-0.1, -0.05) is 78.1 Å². The molecule has 0 saturated carbocycles. The second kappa shape index (κ2) is 17.8.